The van der Waals surface area contributed by atoms with E-state index in [9.17, 15) is 0 Å². The Morgan fingerprint density at radius 2 is 2.33 bits per heavy atom. The second kappa shape index (κ2) is 4.02. The van der Waals surface area contributed by atoms with Crippen molar-refractivity contribution in [2.45, 2.75) is 19.4 Å². The van der Waals surface area contributed by atoms with Crippen LogP contribution in [0.4, 0.5) is 0 Å². The summed E-state index contributed by atoms with van der Waals surface area (Å²) in [4.78, 5) is 0. The van der Waals surface area contributed by atoms with Crippen molar-refractivity contribution >= 4 is 15.9 Å². The van der Waals surface area contributed by atoms with Gasteiger partial charge in [-0.15, -0.1) is 0 Å². The van der Waals surface area contributed by atoms with Crippen molar-refractivity contribution in [1.29, 1.82) is 0 Å². The van der Waals surface area contributed by atoms with Crippen LogP contribution >= 0.6 is 15.9 Å². The van der Waals surface area contributed by atoms with Gasteiger partial charge in [0.25, 0.3) is 0 Å². The maximum Gasteiger partial charge on any atom is 0.165 e. The maximum atomic E-state index is 5.91. The van der Waals surface area contributed by atoms with Gasteiger partial charge in [-0.25, -0.2) is 0 Å². The second-order valence-electron chi connectivity index (χ2n) is 3.68. The average molecular weight is 272 g/mol. The number of halogens is 1. The predicted molar refractivity (Wildman–Crippen MR) is 62.5 cm³/mol. The number of ether oxygens (including phenoxy) is 2. The largest absolute Gasteiger partial charge is 0.493 e. The smallest absolute Gasteiger partial charge is 0.165 e. The van der Waals surface area contributed by atoms with Crippen molar-refractivity contribution in [2.75, 3.05) is 13.7 Å². The fourth-order valence-electron chi connectivity index (χ4n) is 1.81. The van der Waals surface area contributed by atoms with Gasteiger partial charge in [-0.1, -0.05) is 15.9 Å². The minimum atomic E-state index is -0.0147. The molecule has 1 heterocycles. The van der Waals surface area contributed by atoms with E-state index >= 15 is 0 Å². The number of rotatable bonds is 2. The minimum Gasteiger partial charge on any atom is -0.493 e. The molecule has 0 aliphatic carbocycles. The van der Waals surface area contributed by atoms with Gasteiger partial charge in [0.15, 0.2) is 11.5 Å². The SMILES string of the molecule is COc1cc(C(C)N)c(Br)c2c1OCC2. The molecule has 15 heavy (non-hydrogen) atoms. The van der Waals surface area contributed by atoms with Crippen LogP contribution in [0.25, 0.3) is 0 Å². The maximum absolute atomic E-state index is 5.91. The first-order valence-corrected chi connectivity index (χ1v) is 5.72. The van der Waals surface area contributed by atoms with Crippen molar-refractivity contribution in [2.24, 2.45) is 5.73 Å². The first-order chi connectivity index (χ1) is 7.15. The minimum absolute atomic E-state index is 0.0147. The number of benzene rings is 1. The highest BCUT2D eigenvalue weighted by atomic mass is 79.9. The van der Waals surface area contributed by atoms with Gasteiger partial charge >= 0.3 is 0 Å². The fourth-order valence-corrected chi connectivity index (χ4v) is 2.67. The molecular formula is C11H14BrNO2. The molecule has 0 spiro atoms. The van der Waals surface area contributed by atoms with Crippen LogP contribution in [0.1, 0.15) is 24.1 Å². The molecule has 3 nitrogen and oxygen atoms in total. The zero-order valence-electron chi connectivity index (χ0n) is 8.84. The zero-order valence-corrected chi connectivity index (χ0v) is 10.4. The van der Waals surface area contributed by atoms with Crippen LogP contribution in [0.2, 0.25) is 0 Å². The van der Waals surface area contributed by atoms with Crippen LogP contribution in [-0.4, -0.2) is 13.7 Å². The van der Waals surface area contributed by atoms with Crippen molar-refractivity contribution < 1.29 is 9.47 Å². The van der Waals surface area contributed by atoms with E-state index in [0.717, 1.165) is 28.0 Å². The van der Waals surface area contributed by atoms with Gasteiger partial charge in [-0.3, -0.25) is 0 Å². The molecule has 2 rings (SSSR count). The molecule has 1 unspecified atom stereocenters. The number of hydrogen-bond donors (Lipinski definition) is 1. The molecule has 82 valence electrons. The highest BCUT2D eigenvalue weighted by Gasteiger charge is 2.23. The summed E-state index contributed by atoms with van der Waals surface area (Å²) in [6, 6.07) is 1.93. The molecule has 0 aromatic heterocycles. The van der Waals surface area contributed by atoms with Crippen LogP contribution in [0, 0.1) is 0 Å². The Hall–Kier alpha value is -0.740. The number of nitrogens with two attached hydrogens (primary N) is 1. The van der Waals surface area contributed by atoms with Crippen LogP contribution in [0.15, 0.2) is 10.5 Å². The summed E-state index contributed by atoms with van der Waals surface area (Å²) in [7, 11) is 1.65. The van der Waals surface area contributed by atoms with E-state index in [0.29, 0.717) is 6.61 Å². The van der Waals surface area contributed by atoms with E-state index in [1.807, 2.05) is 13.0 Å². The van der Waals surface area contributed by atoms with Crippen molar-refractivity contribution in [3.8, 4) is 11.5 Å². The third-order valence-electron chi connectivity index (χ3n) is 2.61. The van der Waals surface area contributed by atoms with Crippen LogP contribution in [0.5, 0.6) is 11.5 Å². The molecule has 1 aromatic carbocycles. The lowest BCUT2D eigenvalue weighted by Gasteiger charge is -2.14. The van der Waals surface area contributed by atoms with E-state index in [1.54, 1.807) is 7.11 Å². The Labute approximate surface area is 97.7 Å². The van der Waals surface area contributed by atoms with Crippen LogP contribution < -0.4 is 15.2 Å². The zero-order chi connectivity index (χ0) is 11.0. The van der Waals surface area contributed by atoms with E-state index in [2.05, 4.69) is 15.9 Å². The van der Waals surface area contributed by atoms with Crippen molar-refractivity contribution in [3.05, 3.63) is 21.7 Å². The highest BCUT2D eigenvalue weighted by molar-refractivity contribution is 9.10. The van der Waals surface area contributed by atoms with E-state index in [-0.39, 0.29) is 6.04 Å². The quantitative estimate of drug-likeness (QED) is 0.899. The number of hydrogen-bond acceptors (Lipinski definition) is 3. The Balaban J connectivity index is 2.61. The summed E-state index contributed by atoms with van der Waals surface area (Å²) < 4.78 is 11.9. The molecule has 0 fully saturated rings. The molecule has 1 atom stereocenters. The normalized spacial score (nSPS) is 15.7. The highest BCUT2D eigenvalue weighted by Crippen LogP contribution is 2.43. The van der Waals surface area contributed by atoms with E-state index in [1.165, 1.54) is 5.56 Å². The van der Waals surface area contributed by atoms with E-state index < -0.39 is 0 Å². The summed E-state index contributed by atoms with van der Waals surface area (Å²) in [5, 5.41) is 0. The molecule has 1 aliphatic rings. The van der Waals surface area contributed by atoms with E-state index in [4.69, 9.17) is 15.2 Å². The third kappa shape index (κ3) is 1.72. The van der Waals surface area contributed by atoms with Gasteiger partial charge < -0.3 is 15.2 Å². The molecule has 2 N–H and O–H groups in total. The van der Waals surface area contributed by atoms with Gasteiger partial charge in [-0.05, 0) is 18.6 Å². The molecule has 0 saturated carbocycles. The third-order valence-corrected chi connectivity index (χ3v) is 3.55. The van der Waals surface area contributed by atoms with Crippen LogP contribution in [-0.2, 0) is 6.42 Å². The monoisotopic (exact) mass is 271 g/mol. The van der Waals surface area contributed by atoms with Gasteiger partial charge in [0.05, 0.1) is 13.7 Å². The lowest BCUT2D eigenvalue weighted by atomic mass is 10.0. The molecule has 4 heteroatoms. The number of fused-ring (bicyclic) bond motifs is 1. The van der Waals surface area contributed by atoms with Gasteiger partial charge in [-0.2, -0.15) is 0 Å². The summed E-state index contributed by atoms with van der Waals surface area (Å²) in [5.74, 6) is 1.63. The van der Waals surface area contributed by atoms with Gasteiger partial charge in [0, 0.05) is 22.5 Å². The summed E-state index contributed by atoms with van der Waals surface area (Å²) in [5.41, 5.74) is 8.14. The molecular weight excluding hydrogens is 258 g/mol. The van der Waals surface area contributed by atoms with Crippen LogP contribution in [0.3, 0.4) is 0 Å². The molecule has 0 bridgehead atoms. The van der Waals surface area contributed by atoms with Gasteiger partial charge in [0.1, 0.15) is 0 Å². The van der Waals surface area contributed by atoms with Gasteiger partial charge in [0.2, 0.25) is 0 Å². The number of methoxy groups -OCH3 is 1. The van der Waals surface area contributed by atoms with Crippen molar-refractivity contribution in [3.63, 3.8) is 0 Å². The molecule has 1 aliphatic heterocycles. The lowest BCUT2D eigenvalue weighted by molar-refractivity contribution is 0.326. The molecule has 0 radical (unpaired) electrons. The topological polar surface area (TPSA) is 44.5 Å². The summed E-state index contributed by atoms with van der Waals surface area (Å²) in [6.07, 6.45) is 0.910. The molecule has 1 aromatic rings. The average Bonchev–Trinajstić information content (AvgIpc) is 2.67. The first-order valence-electron chi connectivity index (χ1n) is 4.92. The predicted octanol–water partition coefficient (Wildman–Crippen LogP) is 2.41. The summed E-state index contributed by atoms with van der Waals surface area (Å²) in [6.45, 7) is 2.68. The Morgan fingerprint density at radius 3 is 2.93 bits per heavy atom. The lowest BCUT2D eigenvalue weighted by Crippen LogP contribution is -2.07. The summed E-state index contributed by atoms with van der Waals surface area (Å²) >= 11 is 3.58. The first kappa shape index (κ1) is 10.8. The Morgan fingerprint density at radius 1 is 1.60 bits per heavy atom. The second-order valence-corrected chi connectivity index (χ2v) is 4.47. The van der Waals surface area contributed by atoms with Crippen molar-refractivity contribution in [1.82, 2.24) is 0 Å². The standard InChI is InChI=1S/C11H14BrNO2/c1-6(13)8-5-9(14-2)11-7(10(8)12)3-4-15-11/h5-6H,3-4,13H2,1-2H3. The molecule has 0 saturated heterocycles. The molecule has 0 amide bonds. The Kier molecular flexibility index (Phi) is 2.89. The Bertz CT molecular complexity index is 391. The fraction of sp³-hybridized carbons (Fsp3) is 0.455.